The Labute approximate surface area is 126 Å². The van der Waals surface area contributed by atoms with Crippen molar-refractivity contribution in [3.8, 4) is 5.75 Å². The van der Waals surface area contributed by atoms with Gasteiger partial charge in [-0.3, -0.25) is 0 Å². The summed E-state index contributed by atoms with van der Waals surface area (Å²) in [6, 6.07) is 14.3. The van der Waals surface area contributed by atoms with Gasteiger partial charge in [0.1, 0.15) is 5.75 Å². The summed E-state index contributed by atoms with van der Waals surface area (Å²) in [5.41, 5.74) is 7.88. The van der Waals surface area contributed by atoms with Gasteiger partial charge in [0.2, 0.25) is 0 Å². The highest BCUT2D eigenvalue weighted by Gasteiger charge is 2.07. The monoisotopic (exact) mass is 301 g/mol. The highest BCUT2D eigenvalue weighted by Crippen LogP contribution is 2.36. The van der Waals surface area contributed by atoms with Crippen molar-refractivity contribution in [3.05, 3.63) is 53.4 Å². The molecule has 20 heavy (non-hydrogen) atoms. The molecule has 0 unspecified atom stereocenters. The summed E-state index contributed by atoms with van der Waals surface area (Å²) in [7, 11) is 1.68. The van der Waals surface area contributed by atoms with Gasteiger partial charge in [0.25, 0.3) is 0 Å². The highest BCUT2D eigenvalue weighted by molar-refractivity contribution is 7.98. The first-order valence-electron chi connectivity index (χ1n) is 6.29. The predicted octanol–water partition coefficient (Wildman–Crippen LogP) is 4.78. The lowest BCUT2D eigenvalue weighted by Gasteiger charge is -2.08. The molecule has 1 aromatic heterocycles. The van der Waals surface area contributed by atoms with E-state index in [4.69, 9.17) is 10.5 Å². The zero-order valence-electron chi connectivity index (χ0n) is 11.1. The summed E-state index contributed by atoms with van der Waals surface area (Å²) in [6.45, 7) is 0. The van der Waals surface area contributed by atoms with Crippen LogP contribution >= 0.6 is 23.1 Å². The number of thioether (sulfide) groups is 1. The molecule has 0 aliphatic heterocycles. The topological polar surface area (TPSA) is 35.2 Å². The first kappa shape index (κ1) is 13.3. The number of anilines is 1. The summed E-state index contributed by atoms with van der Waals surface area (Å²) < 4.78 is 6.73. The maximum Gasteiger partial charge on any atom is 0.134 e. The van der Waals surface area contributed by atoms with Crippen LogP contribution < -0.4 is 10.5 Å². The van der Waals surface area contributed by atoms with Crippen LogP contribution in [0.15, 0.2) is 52.7 Å². The summed E-state index contributed by atoms with van der Waals surface area (Å²) >= 11 is 3.58. The molecule has 0 saturated carbocycles. The second-order valence-electron chi connectivity index (χ2n) is 4.46. The standard InChI is InChI=1S/C16H15NOS2/c1-18-14-8-12(17)6-7-16(14)20-10-11-9-19-15-5-3-2-4-13(11)15/h2-9H,10,17H2,1H3. The van der Waals surface area contributed by atoms with Crippen molar-refractivity contribution in [2.75, 3.05) is 12.8 Å². The Bertz CT molecular complexity index is 736. The summed E-state index contributed by atoms with van der Waals surface area (Å²) in [5, 5.41) is 3.58. The van der Waals surface area contributed by atoms with Gasteiger partial charge >= 0.3 is 0 Å². The maximum atomic E-state index is 5.78. The summed E-state index contributed by atoms with van der Waals surface area (Å²) in [4.78, 5) is 1.12. The number of ether oxygens (including phenoxy) is 1. The van der Waals surface area contributed by atoms with Crippen LogP contribution in [0.25, 0.3) is 10.1 Å². The molecule has 0 aliphatic carbocycles. The Balaban J connectivity index is 1.83. The van der Waals surface area contributed by atoms with E-state index in [2.05, 4.69) is 29.6 Å². The number of hydrogen-bond donors (Lipinski definition) is 1. The second kappa shape index (κ2) is 5.77. The van der Waals surface area contributed by atoms with E-state index in [0.717, 1.165) is 22.1 Å². The van der Waals surface area contributed by atoms with Crippen LogP contribution in [0, 0.1) is 0 Å². The summed E-state index contributed by atoms with van der Waals surface area (Å²) in [6.07, 6.45) is 0. The first-order valence-corrected chi connectivity index (χ1v) is 8.16. The van der Waals surface area contributed by atoms with Crippen molar-refractivity contribution in [2.24, 2.45) is 0 Å². The van der Waals surface area contributed by atoms with Crippen molar-refractivity contribution in [3.63, 3.8) is 0 Å². The second-order valence-corrected chi connectivity index (χ2v) is 6.38. The molecular formula is C16H15NOS2. The van der Waals surface area contributed by atoms with Crippen LogP contribution in [0.1, 0.15) is 5.56 Å². The van der Waals surface area contributed by atoms with Crippen LogP contribution in [-0.4, -0.2) is 7.11 Å². The van der Waals surface area contributed by atoms with E-state index in [1.54, 1.807) is 30.2 Å². The van der Waals surface area contributed by atoms with E-state index in [-0.39, 0.29) is 0 Å². The smallest absolute Gasteiger partial charge is 0.134 e. The molecule has 0 aliphatic rings. The molecule has 2 nitrogen and oxygen atoms in total. The minimum Gasteiger partial charge on any atom is -0.496 e. The quantitative estimate of drug-likeness (QED) is 0.556. The van der Waals surface area contributed by atoms with Crippen LogP contribution in [0.2, 0.25) is 0 Å². The fourth-order valence-corrected chi connectivity index (χ4v) is 4.17. The third-order valence-electron chi connectivity index (χ3n) is 3.13. The molecule has 2 aromatic carbocycles. The Morgan fingerprint density at radius 2 is 2.05 bits per heavy atom. The van der Waals surface area contributed by atoms with E-state index in [1.807, 2.05) is 18.2 Å². The number of nitrogen functional groups attached to an aromatic ring is 1. The fourth-order valence-electron chi connectivity index (χ4n) is 2.10. The predicted molar refractivity (Wildman–Crippen MR) is 88.8 cm³/mol. The molecule has 0 amide bonds. The fraction of sp³-hybridized carbons (Fsp3) is 0.125. The average Bonchev–Trinajstić information content (AvgIpc) is 2.89. The van der Waals surface area contributed by atoms with Gasteiger partial charge in [-0.15, -0.1) is 23.1 Å². The molecule has 0 spiro atoms. The Morgan fingerprint density at radius 3 is 2.90 bits per heavy atom. The van der Waals surface area contributed by atoms with Gasteiger partial charge in [0.15, 0.2) is 0 Å². The molecule has 1 heterocycles. The molecule has 102 valence electrons. The molecule has 0 saturated heterocycles. The lowest BCUT2D eigenvalue weighted by Crippen LogP contribution is -1.90. The normalized spacial score (nSPS) is 10.8. The third kappa shape index (κ3) is 2.62. The molecule has 4 heteroatoms. The number of fused-ring (bicyclic) bond motifs is 1. The third-order valence-corrected chi connectivity index (χ3v) is 5.25. The number of nitrogens with two attached hydrogens (primary N) is 1. The van der Waals surface area contributed by atoms with Gasteiger partial charge in [-0.05, 0) is 34.5 Å². The van der Waals surface area contributed by atoms with Crippen molar-refractivity contribution in [1.29, 1.82) is 0 Å². The molecule has 0 fully saturated rings. The van der Waals surface area contributed by atoms with E-state index >= 15 is 0 Å². The Morgan fingerprint density at radius 1 is 1.20 bits per heavy atom. The number of methoxy groups -OCH3 is 1. The van der Waals surface area contributed by atoms with Crippen LogP contribution in [0.3, 0.4) is 0 Å². The van der Waals surface area contributed by atoms with Crippen LogP contribution in [0.4, 0.5) is 5.69 Å². The van der Waals surface area contributed by atoms with E-state index in [9.17, 15) is 0 Å². The molecule has 0 radical (unpaired) electrons. The van der Waals surface area contributed by atoms with Crippen LogP contribution in [0.5, 0.6) is 5.75 Å². The largest absolute Gasteiger partial charge is 0.496 e. The molecule has 3 rings (SSSR count). The minimum atomic E-state index is 0.729. The lowest BCUT2D eigenvalue weighted by molar-refractivity contribution is 0.405. The maximum absolute atomic E-state index is 5.78. The van der Waals surface area contributed by atoms with Crippen molar-refractivity contribution in [2.45, 2.75) is 10.6 Å². The van der Waals surface area contributed by atoms with E-state index < -0.39 is 0 Å². The van der Waals surface area contributed by atoms with Gasteiger partial charge in [0.05, 0.1) is 7.11 Å². The number of thiophene rings is 1. The molecule has 0 bridgehead atoms. The van der Waals surface area contributed by atoms with Gasteiger partial charge in [0, 0.05) is 27.1 Å². The number of benzene rings is 2. The van der Waals surface area contributed by atoms with Gasteiger partial charge in [-0.25, -0.2) is 0 Å². The summed E-state index contributed by atoms with van der Waals surface area (Å²) in [5.74, 6) is 1.78. The molecule has 0 atom stereocenters. The van der Waals surface area contributed by atoms with Gasteiger partial charge in [-0.2, -0.15) is 0 Å². The highest BCUT2D eigenvalue weighted by atomic mass is 32.2. The van der Waals surface area contributed by atoms with Gasteiger partial charge < -0.3 is 10.5 Å². The Hall–Kier alpha value is -1.65. The van der Waals surface area contributed by atoms with Gasteiger partial charge in [-0.1, -0.05) is 18.2 Å². The SMILES string of the molecule is COc1cc(N)ccc1SCc1csc2ccccc12. The molecule has 2 N–H and O–H groups in total. The average molecular weight is 301 g/mol. The number of rotatable bonds is 4. The van der Waals surface area contributed by atoms with Crippen molar-refractivity contribution < 1.29 is 4.74 Å². The zero-order valence-corrected chi connectivity index (χ0v) is 12.8. The number of hydrogen-bond acceptors (Lipinski definition) is 4. The molecular weight excluding hydrogens is 286 g/mol. The van der Waals surface area contributed by atoms with Crippen LogP contribution in [-0.2, 0) is 5.75 Å². The van der Waals surface area contributed by atoms with E-state index in [1.165, 1.54) is 15.6 Å². The van der Waals surface area contributed by atoms with E-state index in [0.29, 0.717) is 0 Å². The lowest BCUT2D eigenvalue weighted by atomic mass is 10.2. The van der Waals surface area contributed by atoms with Crippen molar-refractivity contribution in [1.82, 2.24) is 0 Å². The zero-order chi connectivity index (χ0) is 13.9. The first-order chi connectivity index (χ1) is 9.78. The minimum absolute atomic E-state index is 0.729. The Kier molecular flexibility index (Phi) is 3.85. The molecule has 3 aromatic rings. The van der Waals surface area contributed by atoms with Crippen molar-refractivity contribution >= 4 is 38.9 Å².